The molecular formula is C8H8F4. The van der Waals surface area contributed by atoms with Gasteiger partial charge in [-0.3, -0.25) is 0 Å². The van der Waals surface area contributed by atoms with Crippen LogP contribution in [0, 0.1) is 0 Å². The topological polar surface area (TPSA) is 0 Å². The zero-order valence-corrected chi connectivity index (χ0v) is 6.24. The molecule has 4 heteroatoms. The summed E-state index contributed by atoms with van der Waals surface area (Å²) < 4.78 is 47.3. The van der Waals surface area contributed by atoms with Crippen LogP contribution in [0.4, 0.5) is 17.6 Å². The van der Waals surface area contributed by atoms with Crippen molar-refractivity contribution in [3.05, 3.63) is 36.5 Å². The molecule has 0 N–H and O–H groups in total. The average molecular weight is 180 g/mol. The van der Waals surface area contributed by atoms with E-state index in [-0.39, 0.29) is 0 Å². The third-order valence-electron chi connectivity index (χ3n) is 1.04. The van der Waals surface area contributed by atoms with E-state index in [1.54, 1.807) is 0 Å². The average Bonchev–Trinajstić information content (AvgIpc) is 1.95. The molecule has 0 aliphatic carbocycles. The largest absolute Gasteiger partial charge is 0.416 e. The van der Waals surface area contributed by atoms with E-state index in [4.69, 9.17) is 0 Å². The molecule has 0 saturated carbocycles. The van der Waals surface area contributed by atoms with Gasteiger partial charge in [-0.2, -0.15) is 13.2 Å². The van der Waals surface area contributed by atoms with Crippen LogP contribution in [0.1, 0.15) is 0 Å². The van der Waals surface area contributed by atoms with Gasteiger partial charge >= 0.3 is 6.18 Å². The Morgan fingerprint density at radius 3 is 2.25 bits per heavy atom. The Morgan fingerprint density at radius 2 is 1.92 bits per heavy atom. The molecule has 0 fully saturated rings. The second kappa shape index (κ2) is 4.74. The molecular weight excluding hydrogens is 172 g/mol. The molecule has 0 radical (unpaired) electrons. The summed E-state index contributed by atoms with van der Waals surface area (Å²) >= 11 is 0. The predicted octanol–water partition coefficient (Wildman–Crippen LogP) is 3.19. The van der Waals surface area contributed by atoms with Crippen LogP contribution < -0.4 is 0 Å². The molecule has 0 saturated heterocycles. The standard InChI is InChI=1S/C8H8F4/c1-2-3-4-7(5-6-9)8(10,11)12/h2-5H,1,6H2/b4-3-,7-5+. The van der Waals surface area contributed by atoms with Crippen LogP contribution in [0.5, 0.6) is 0 Å². The second-order valence-corrected chi connectivity index (χ2v) is 1.91. The van der Waals surface area contributed by atoms with Gasteiger partial charge in [-0.1, -0.05) is 24.8 Å². The van der Waals surface area contributed by atoms with Gasteiger partial charge in [-0.25, -0.2) is 4.39 Å². The first kappa shape index (κ1) is 10.9. The van der Waals surface area contributed by atoms with Gasteiger partial charge in [0.1, 0.15) is 6.67 Å². The minimum Gasteiger partial charge on any atom is -0.247 e. The molecule has 12 heavy (non-hydrogen) atoms. The first-order valence-corrected chi connectivity index (χ1v) is 3.14. The van der Waals surface area contributed by atoms with Crippen molar-refractivity contribution >= 4 is 0 Å². The molecule has 0 aromatic carbocycles. The summed E-state index contributed by atoms with van der Waals surface area (Å²) in [5, 5.41) is 0. The van der Waals surface area contributed by atoms with Crippen LogP contribution in [0.3, 0.4) is 0 Å². The summed E-state index contributed by atoms with van der Waals surface area (Å²) in [6.45, 7) is 2.07. The van der Waals surface area contributed by atoms with Gasteiger partial charge in [0.25, 0.3) is 0 Å². The van der Waals surface area contributed by atoms with Crippen LogP contribution >= 0.6 is 0 Å². The Labute approximate surface area is 67.9 Å². The van der Waals surface area contributed by atoms with Gasteiger partial charge < -0.3 is 0 Å². The highest BCUT2D eigenvalue weighted by Gasteiger charge is 2.31. The van der Waals surface area contributed by atoms with Crippen molar-refractivity contribution in [3.63, 3.8) is 0 Å². The summed E-state index contributed by atoms with van der Waals surface area (Å²) in [5.74, 6) is 0. The zero-order valence-electron chi connectivity index (χ0n) is 6.24. The van der Waals surface area contributed by atoms with Crippen LogP contribution in [0.2, 0.25) is 0 Å². The summed E-state index contributed by atoms with van der Waals surface area (Å²) in [5.41, 5.74) is -0.995. The number of allylic oxidation sites excluding steroid dienone is 5. The molecule has 0 aliphatic rings. The third kappa shape index (κ3) is 3.95. The summed E-state index contributed by atoms with van der Waals surface area (Å²) in [6.07, 6.45) is -0.953. The van der Waals surface area contributed by atoms with Gasteiger partial charge in [-0.15, -0.1) is 0 Å². The molecule has 0 amide bonds. The van der Waals surface area contributed by atoms with Crippen LogP contribution in [0.25, 0.3) is 0 Å². The lowest BCUT2D eigenvalue weighted by Gasteiger charge is -2.05. The molecule has 0 heterocycles. The SMILES string of the molecule is C=C/C=C\C(=C/CF)C(F)(F)F. The fourth-order valence-electron chi connectivity index (χ4n) is 0.533. The fraction of sp³-hybridized carbons (Fsp3) is 0.250. The van der Waals surface area contributed by atoms with Gasteiger partial charge in [0.15, 0.2) is 0 Å². The number of hydrogen-bond acceptors (Lipinski definition) is 0. The van der Waals surface area contributed by atoms with Crippen molar-refractivity contribution < 1.29 is 17.6 Å². The predicted molar refractivity (Wildman–Crippen MR) is 39.5 cm³/mol. The molecule has 0 rings (SSSR count). The Morgan fingerprint density at radius 1 is 1.33 bits per heavy atom. The van der Waals surface area contributed by atoms with Crippen molar-refractivity contribution in [3.8, 4) is 0 Å². The quantitative estimate of drug-likeness (QED) is 0.462. The maximum absolute atomic E-state index is 11.9. The van der Waals surface area contributed by atoms with Crippen molar-refractivity contribution in [1.82, 2.24) is 0 Å². The molecule has 0 spiro atoms. The smallest absolute Gasteiger partial charge is 0.247 e. The zero-order chi connectivity index (χ0) is 9.61. The monoisotopic (exact) mass is 180 g/mol. The Kier molecular flexibility index (Phi) is 4.33. The molecule has 0 aromatic rings. The van der Waals surface area contributed by atoms with E-state index in [9.17, 15) is 17.6 Å². The molecule has 0 bridgehead atoms. The van der Waals surface area contributed by atoms with Crippen molar-refractivity contribution in [2.24, 2.45) is 0 Å². The van der Waals surface area contributed by atoms with Crippen LogP contribution in [0.15, 0.2) is 36.5 Å². The number of alkyl halides is 4. The van der Waals surface area contributed by atoms with Gasteiger partial charge in [0.05, 0.1) is 5.57 Å². The normalized spacial score (nSPS) is 13.8. The van der Waals surface area contributed by atoms with E-state index in [0.717, 1.165) is 12.2 Å². The Bertz CT molecular complexity index is 198. The van der Waals surface area contributed by atoms with Crippen LogP contribution in [-0.4, -0.2) is 12.9 Å². The molecule has 0 unspecified atom stereocenters. The number of rotatable bonds is 3. The third-order valence-corrected chi connectivity index (χ3v) is 1.04. The van der Waals surface area contributed by atoms with E-state index < -0.39 is 18.4 Å². The Balaban J connectivity index is 4.56. The molecule has 0 nitrogen and oxygen atoms in total. The summed E-state index contributed by atoms with van der Waals surface area (Å²) in [7, 11) is 0. The van der Waals surface area contributed by atoms with Crippen molar-refractivity contribution in [2.75, 3.05) is 6.67 Å². The number of hydrogen-bond donors (Lipinski definition) is 0. The maximum Gasteiger partial charge on any atom is 0.416 e. The molecule has 0 aromatic heterocycles. The van der Waals surface area contributed by atoms with Crippen molar-refractivity contribution in [2.45, 2.75) is 6.18 Å². The van der Waals surface area contributed by atoms with E-state index in [0.29, 0.717) is 6.08 Å². The summed E-state index contributed by atoms with van der Waals surface area (Å²) in [6, 6.07) is 0. The highest BCUT2D eigenvalue weighted by atomic mass is 19.4. The highest BCUT2D eigenvalue weighted by molar-refractivity contribution is 5.25. The highest BCUT2D eigenvalue weighted by Crippen LogP contribution is 2.26. The fourth-order valence-corrected chi connectivity index (χ4v) is 0.533. The first-order chi connectivity index (χ1) is 5.52. The van der Waals surface area contributed by atoms with E-state index in [2.05, 4.69) is 6.58 Å². The molecule has 68 valence electrons. The minimum absolute atomic E-state index is 0.472. The van der Waals surface area contributed by atoms with Crippen molar-refractivity contribution in [1.29, 1.82) is 0 Å². The number of halogens is 4. The lowest BCUT2D eigenvalue weighted by Crippen LogP contribution is -2.10. The minimum atomic E-state index is -4.49. The van der Waals surface area contributed by atoms with E-state index >= 15 is 0 Å². The maximum atomic E-state index is 11.9. The van der Waals surface area contributed by atoms with Gasteiger partial charge in [-0.05, 0) is 6.08 Å². The molecule has 0 aliphatic heterocycles. The molecule has 0 atom stereocenters. The Hall–Kier alpha value is -1.06. The summed E-state index contributed by atoms with van der Waals surface area (Å²) in [4.78, 5) is 0. The van der Waals surface area contributed by atoms with E-state index in [1.165, 1.54) is 6.08 Å². The lowest BCUT2D eigenvalue weighted by atomic mass is 10.2. The first-order valence-electron chi connectivity index (χ1n) is 3.14. The van der Waals surface area contributed by atoms with E-state index in [1.807, 2.05) is 0 Å². The van der Waals surface area contributed by atoms with Gasteiger partial charge in [0, 0.05) is 0 Å². The van der Waals surface area contributed by atoms with Gasteiger partial charge in [0.2, 0.25) is 0 Å². The lowest BCUT2D eigenvalue weighted by molar-refractivity contribution is -0.0885. The van der Waals surface area contributed by atoms with Crippen LogP contribution in [-0.2, 0) is 0 Å². The second-order valence-electron chi connectivity index (χ2n) is 1.91.